The largest absolute Gasteiger partial charge is 0.325 e. The number of nitrogens with two attached hydrogens (primary N) is 1. The van der Waals surface area contributed by atoms with Crippen molar-refractivity contribution in [1.82, 2.24) is 9.38 Å². The molecule has 0 radical (unpaired) electrons. The van der Waals surface area contributed by atoms with Gasteiger partial charge >= 0.3 is 0 Å². The minimum absolute atomic E-state index is 0.571. The lowest BCUT2D eigenvalue weighted by atomic mass is 9.98. The lowest BCUT2D eigenvalue weighted by Gasteiger charge is -2.20. The molecule has 0 saturated carbocycles. The highest BCUT2D eigenvalue weighted by atomic mass is 32.2. The maximum Gasteiger partial charge on any atom is 0.113 e. The summed E-state index contributed by atoms with van der Waals surface area (Å²) in [5.41, 5.74) is 8.15. The topological polar surface area (TPSA) is 43.3 Å². The van der Waals surface area contributed by atoms with Crippen molar-refractivity contribution in [1.29, 1.82) is 0 Å². The van der Waals surface area contributed by atoms with E-state index in [9.17, 15) is 0 Å². The van der Waals surface area contributed by atoms with Crippen molar-refractivity contribution in [3.05, 3.63) is 35.9 Å². The van der Waals surface area contributed by atoms with E-state index in [1.807, 2.05) is 6.20 Å². The van der Waals surface area contributed by atoms with Gasteiger partial charge in [-0.15, -0.1) is 0 Å². The van der Waals surface area contributed by atoms with Crippen LogP contribution in [0.25, 0.3) is 5.52 Å². The van der Waals surface area contributed by atoms with Crippen molar-refractivity contribution < 1.29 is 0 Å². The van der Waals surface area contributed by atoms with Crippen LogP contribution in [0.2, 0.25) is 0 Å². The number of nitrogens with zero attached hydrogens (tertiary/aromatic N) is 2. The van der Waals surface area contributed by atoms with Crippen LogP contribution in [0.15, 0.2) is 24.4 Å². The third-order valence-corrected chi connectivity index (χ3v) is 4.77. The maximum absolute atomic E-state index is 5.83. The van der Waals surface area contributed by atoms with Crippen molar-refractivity contribution in [3.63, 3.8) is 0 Å². The highest BCUT2D eigenvalue weighted by molar-refractivity contribution is 7.99. The highest BCUT2D eigenvalue weighted by Gasteiger charge is 2.17. The zero-order valence-corrected chi connectivity index (χ0v) is 11.3. The van der Waals surface area contributed by atoms with Crippen molar-refractivity contribution in [2.24, 2.45) is 11.7 Å². The molecule has 96 valence electrons. The second-order valence-corrected chi connectivity index (χ2v) is 6.14. The van der Waals surface area contributed by atoms with Crippen molar-refractivity contribution in [2.45, 2.75) is 25.8 Å². The number of imidazole rings is 1. The second kappa shape index (κ2) is 5.33. The number of pyridine rings is 1. The number of rotatable bonds is 3. The first-order chi connectivity index (χ1) is 8.88. The monoisotopic (exact) mass is 261 g/mol. The molecule has 2 N–H and O–H groups in total. The fraction of sp³-hybridized carbons (Fsp3) is 0.500. The molecule has 0 aromatic carbocycles. The van der Waals surface area contributed by atoms with Gasteiger partial charge in [0.05, 0.1) is 11.7 Å². The van der Waals surface area contributed by atoms with Crippen LogP contribution in [-0.4, -0.2) is 20.9 Å². The van der Waals surface area contributed by atoms with Gasteiger partial charge in [0.15, 0.2) is 0 Å². The molecular formula is C14H19N3S. The lowest BCUT2D eigenvalue weighted by molar-refractivity contribution is 0.474. The van der Waals surface area contributed by atoms with Gasteiger partial charge in [0.1, 0.15) is 5.82 Å². The zero-order valence-electron chi connectivity index (χ0n) is 10.5. The summed E-state index contributed by atoms with van der Waals surface area (Å²) < 4.78 is 2.24. The maximum atomic E-state index is 5.83. The summed E-state index contributed by atoms with van der Waals surface area (Å²) in [6.07, 6.45) is 5.70. The number of fused-ring (bicyclic) bond motifs is 1. The molecule has 0 unspecified atom stereocenters. The summed E-state index contributed by atoms with van der Waals surface area (Å²) in [5, 5.41) is 0. The van der Waals surface area contributed by atoms with Crippen LogP contribution >= 0.6 is 11.8 Å². The molecule has 1 aliphatic heterocycles. The first kappa shape index (κ1) is 12.1. The number of thioether (sulfide) groups is 1. The molecule has 2 aromatic rings. The molecule has 3 heterocycles. The zero-order chi connectivity index (χ0) is 12.4. The Labute approximate surface area is 112 Å². The molecule has 0 atom stereocenters. The van der Waals surface area contributed by atoms with E-state index in [2.05, 4.69) is 39.3 Å². The van der Waals surface area contributed by atoms with Gasteiger partial charge in [-0.25, -0.2) is 4.98 Å². The van der Waals surface area contributed by atoms with Gasteiger partial charge in [-0.3, -0.25) is 4.40 Å². The Morgan fingerprint density at radius 3 is 2.94 bits per heavy atom. The molecule has 0 bridgehead atoms. The van der Waals surface area contributed by atoms with Crippen LogP contribution in [0.4, 0.5) is 0 Å². The van der Waals surface area contributed by atoms with Crippen LogP contribution in [-0.2, 0) is 13.0 Å². The van der Waals surface area contributed by atoms with Gasteiger partial charge in [-0.05, 0) is 42.4 Å². The van der Waals surface area contributed by atoms with E-state index in [4.69, 9.17) is 5.73 Å². The van der Waals surface area contributed by atoms with Crippen LogP contribution in [0.5, 0.6) is 0 Å². The number of hydrogen-bond acceptors (Lipinski definition) is 3. The van der Waals surface area contributed by atoms with Crippen LogP contribution in [0.1, 0.15) is 24.4 Å². The molecule has 2 aromatic heterocycles. The third kappa shape index (κ3) is 2.27. The van der Waals surface area contributed by atoms with E-state index < -0.39 is 0 Å². The Balaban J connectivity index is 1.91. The second-order valence-electron chi connectivity index (χ2n) is 4.92. The van der Waals surface area contributed by atoms with Crippen molar-refractivity contribution in [2.75, 3.05) is 11.5 Å². The summed E-state index contributed by atoms with van der Waals surface area (Å²) in [7, 11) is 0. The third-order valence-electron chi connectivity index (χ3n) is 3.73. The number of aromatic nitrogens is 2. The van der Waals surface area contributed by atoms with Gasteiger partial charge < -0.3 is 5.73 Å². The quantitative estimate of drug-likeness (QED) is 0.923. The van der Waals surface area contributed by atoms with Crippen LogP contribution in [0, 0.1) is 5.92 Å². The summed E-state index contributed by atoms with van der Waals surface area (Å²) >= 11 is 2.08. The Morgan fingerprint density at radius 2 is 2.17 bits per heavy atom. The Morgan fingerprint density at radius 1 is 1.33 bits per heavy atom. The molecule has 4 heteroatoms. The van der Waals surface area contributed by atoms with E-state index in [0.29, 0.717) is 6.54 Å². The molecule has 3 nitrogen and oxygen atoms in total. The Bertz CT molecular complexity index is 529. The molecule has 0 aliphatic carbocycles. The molecule has 1 saturated heterocycles. The predicted octanol–water partition coefficient (Wildman–Crippen LogP) is 2.48. The van der Waals surface area contributed by atoms with E-state index in [0.717, 1.165) is 23.5 Å². The fourth-order valence-electron chi connectivity index (χ4n) is 2.70. The van der Waals surface area contributed by atoms with Gasteiger partial charge in [-0.1, -0.05) is 6.07 Å². The smallest absolute Gasteiger partial charge is 0.113 e. The molecule has 3 rings (SSSR count). The fourth-order valence-corrected chi connectivity index (χ4v) is 3.90. The highest BCUT2D eigenvalue weighted by Crippen LogP contribution is 2.26. The summed E-state index contributed by atoms with van der Waals surface area (Å²) in [6, 6.07) is 6.25. The van der Waals surface area contributed by atoms with Crippen molar-refractivity contribution in [3.8, 4) is 0 Å². The van der Waals surface area contributed by atoms with E-state index >= 15 is 0 Å². The van der Waals surface area contributed by atoms with E-state index in [-0.39, 0.29) is 0 Å². The van der Waals surface area contributed by atoms with Gasteiger partial charge in [0.2, 0.25) is 0 Å². The standard InChI is InChI=1S/C14H19N3S/c15-9-12-2-1-3-13-10-16-14(17(12)13)8-11-4-6-18-7-5-11/h1-3,10-11H,4-9,15H2. The summed E-state index contributed by atoms with van der Waals surface area (Å²) in [5.74, 6) is 4.58. The SMILES string of the molecule is NCc1cccc2cnc(CC3CCSCC3)n12. The predicted molar refractivity (Wildman–Crippen MR) is 76.8 cm³/mol. The minimum atomic E-state index is 0.571. The van der Waals surface area contributed by atoms with Gasteiger partial charge in [-0.2, -0.15) is 11.8 Å². The van der Waals surface area contributed by atoms with Crippen LogP contribution in [0.3, 0.4) is 0 Å². The summed E-state index contributed by atoms with van der Waals surface area (Å²) in [4.78, 5) is 4.60. The van der Waals surface area contributed by atoms with Crippen LogP contribution < -0.4 is 5.73 Å². The molecule has 0 spiro atoms. The normalized spacial score (nSPS) is 17.4. The average molecular weight is 261 g/mol. The van der Waals surface area contributed by atoms with Gasteiger partial charge in [0, 0.05) is 18.7 Å². The van der Waals surface area contributed by atoms with Crippen molar-refractivity contribution >= 4 is 17.3 Å². The van der Waals surface area contributed by atoms with E-state index in [1.54, 1.807) is 0 Å². The molecule has 0 amide bonds. The molecule has 18 heavy (non-hydrogen) atoms. The molecule has 1 fully saturated rings. The Hall–Kier alpha value is -1.00. The Kier molecular flexibility index (Phi) is 3.57. The minimum Gasteiger partial charge on any atom is -0.325 e. The average Bonchev–Trinajstić information content (AvgIpc) is 2.83. The first-order valence-electron chi connectivity index (χ1n) is 6.60. The number of hydrogen-bond donors (Lipinski definition) is 1. The summed E-state index contributed by atoms with van der Waals surface area (Å²) in [6.45, 7) is 0.571. The lowest BCUT2D eigenvalue weighted by Crippen LogP contribution is -2.15. The first-order valence-corrected chi connectivity index (χ1v) is 7.76. The molecular weight excluding hydrogens is 242 g/mol. The molecule has 1 aliphatic rings. The van der Waals surface area contributed by atoms with E-state index in [1.165, 1.54) is 30.2 Å². The van der Waals surface area contributed by atoms with Gasteiger partial charge in [0.25, 0.3) is 0 Å².